The summed E-state index contributed by atoms with van der Waals surface area (Å²) in [7, 11) is 0. The van der Waals surface area contributed by atoms with Gasteiger partial charge in [-0.1, -0.05) is 182 Å². The molecule has 3 heteroatoms. The molecule has 3 N–H and O–H groups in total. The Balaban J connectivity index is 1.04. The van der Waals surface area contributed by atoms with Crippen LogP contribution in [0.4, 0.5) is 0 Å². The first kappa shape index (κ1) is 31.2. The summed E-state index contributed by atoms with van der Waals surface area (Å²) in [6.45, 7) is 0. The highest BCUT2D eigenvalue weighted by atomic mass is 15.4. The van der Waals surface area contributed by atoms with Gasteiger partial charge < -0.3 is 0 Å². The Morgan fingerprint density at radius 2 is 0.704 bits per heavy atom. The van der Waals surface area contributed by atoms with E-state index in [-0.39, 0.29) is 18.5 Å². The molecule has 1 aliphatic heterocycles. The molecule has 0 aliphatic carbocycles. The fraction of sp³-hybridized carbons (Fsp3) is 0.0588. The summed E-state index contributed by atoms with van der Waals surface area (Å²) < 4.78 is 0. The molecule has 0 saturated carbocycles. The summed E-state index contributed by atoms with van der Waals surface area (Å²) >= 11 is 0. The Morgan fingerprint density at radius 3 is 1.28 bits per heavy atom. The van der Waals surface area contributed by atoms with Crippen LogP contribution < -0.4 is 16.0 Å². The number of rotatable bonds is 4. The van der Waals surface area contributed by atoms with Crippen LogP contribution in [0, 0.1) is 0 Å². The van der Waals surface area contributed by atoms with E-state index < -0.39 is 0 Å². The lowest BCUT2D eigenvalue weighted by Gasteiger charge is -2.40. The molecule has 256 valence electrons. The van der Waals surface area contributed by atoms with E-state index in [1.807, 2.05) is 0 Å². The van der Waals surface area contributed by atoms with Crippen LogP contribution in [0.25, 0.3) is 75.8 Å². The third-order valence-electron chi connectivity index (χ3n) is 11.6. The highest BCUT2D eigenvalue weighted by Crippen LogP contribution is 2.43. The van der Waals surface area contributed by atoms with Crippen molar-refractivity contribution in [2.24, 2.45) is 0 Å². The third kappa shape index (κ3) is 5.02. The molecule has 10 aromatic rings. The van der Waals surface area contributed by atoms with E-state index in [0.29, 0.717) is 0 Å². The summed E-state index contributed by atoms with van der Waals surface area (Å²) in [6, 6.07) is 68.8. The maximum atomic E-state index is 3.95. The lowest BCUT2D eigenvalue weighted by Crippen LogP contribution is -2.54. The lowest BCUT2D eigenvalue weighted by molar-refractivity contribution is 0.205. The van der Waals surface area contributed by atoms with Gasteiger partial charge in [0.1, 0.15) is 0 Å². The first-order valence-electron chi connectivity index (χ1n) is 18.9. The second-order valence-electron chi connectivity index (χ2n) is 14.5. The number of fused-ring (bicyclic) bond motifs is 10. The summed E-state index contributed by atoms with van der Waals surface area (Å²) in [6.07, 6.45) is -0.269. The Morgan fingerprint density at radius 1 is 0.296 bits per heavy atom. The molecule has 1 heterocycles. The Hall–Kier alpha value is -6.36. The van der Waals surface area contributed by atoms with Crippen molar-refractivity contribution in [2.75, 3.05) is 0 Å². The maximum Gasteiger partial charge on any atom is 0.0870 e. The monoisotopic (exact) mass is 691 g/mol. The second kappa shape index (κ2) is 12.6. The predicted molar refractivity (Wildman–Crippen MR) is 227 cm³/mol. The van der Waals surface area contributed by atoms with Crippen LogP contribution in [0.5, 0.6) is 0 Å². The highest BCUT2D eigenvalue weighted by molar-refractivity contribution is 6.33. The normalized spacial score (nSPS) is 17.6. The average Bonchev–Trinajstić information content (AvgIpc) is 3.25. The molecule has 1 fully saturated rings. The molecule has 0 spiro atoms. The van der Waals surface area contributed by atoms with Gasteiger partial charge in [-0.3, -0.25) is 16.0 Å². The molecule has 2 atom stereocenters. The van der Waals surface area contributed by atoms with E-state index in [9.17, 15) is 0 Å². The maximum absolute atomic E-state index is 3.95. The van der Waals surface area contributed by atoms with Gasteiger partial charge in [0, 0.05) is 0 Å². The van der Waals surface area contributed by atoms with E-state index >= 15 is 0 Å². The third-order valence-corrected chi connectivity index (χ3v) is 11.6. The SMILES string of the molecule is c1ccc2c(C3NC(c4ccc(-c5cc6c7ccccc7c7ccccc7c6c6ccccc56)cc4)NC(c4cccc5ccccc45)N3)cccc2c1. The number of hydrogen-bond donors (Lipinski definition) is 3. The molecule has 11 rings (SSSR count). The number of benzene rings is 10. The summed E-state index contributed by atoms with van der Waals surface area (Å²) in [5.41, 5.74) is 6.13. The van der Waals surface area contributed by atoms with Gasteiger partial charge in [-0.15, -0.1) is 0 Å². The predicted octanol–water partition coefficient (Wildman–Crippen LogP) is 12.5. The zero-order valence-corrected chi connectivity index (χ0v) is 29.6. The van der Waals surface area contributed by atoms with Crippen molar-refractivity contribution in [1.29, 1.82) is 0 Å². The largest absolute Gasteiger partial charge is 0.279 e. The molecule has 3 nitrogen and oxygen atoms in total. The fourth-order valence-corrected chi connectivity index (χ4v) is 9.06. The molecule has 0 aromatic heterocycles. The van der Waals surface area contributed by atoms with E-state index in [2.05, 4.69) is 204 Å². The molecule has 0 bridgehead atoms. The lowest BCUT2D eigenvalue weighted by atomic mass is 9.87. The van der Waals surface area contributed by atoms with Crippen molar-refractivity contribution in [3.05, 3.63) is 205 Å². The van der Waals surface area contributed by atoms with Gasteiger partial charge in [0.25, 0.3) is 0 Å². The zero-order valence-electron chi connectivity index (χ0n) is 29.6. The van der Waals surface area contributed by atoms with Crippen LogP contribution in [0.3, 0.4) is 0 Å². The first-order chi connectivity index (χ1) is 26.8. The van der Waals surface area contributed by atoms with E-state index in [1.54, 1.807) is 0 Å². The minimum Gasteiger partial charge on any atom is -0.279 e. The van der Waals surface area contributed by atoms with Gasteiger partial charge in [-0.2, -0.15) is 0 Å². The molecular formula is C51H37N3. The number of nitrogens with one attached hydrogen (secondary N) is 3. The molecule has 1 saturated heterocycles. The summed E-state index contributed by atoms with van der Waals surface area (Å²) in [5, 5.41) is 27.2. The standard InChI is InChI=1S/C51H37N3/c1-3-17-36-32(13-1)15-11-25-44(36)50-52-49(53-51(54-50)45-26-12-16-33-14-2-4-18-37(33)45)35-29-27-34(28-30-35)46-31-47-40-21-6-5-19-38(40)39-20-7-9-23-42(39)48(47)43-24-10-8-22-41(43)46/h1-31,49-54H. The van der Waals surface area contributed by atoms with Gasteiger partial charge in [0.15, 0.2) is 0 Å². The van der Waals surface area contributed by atoms with Crippen molar-refractivity contribution >= 4 is 64.6 Å². The van der Waals surface area contributed by atoms with E-state index in [1.165, 1.54) is 92.5 Å². The molecule has 0 amide bonds. The molecule has 54 heavy (non-hydrogen) atoms. The van der Waals surface area contributed by atoms with Crippen molar-refractivity contribution in [3.63, 3.8) is 0 Å². The minimum absolute atomic E-state index is 0.0847. The smallest absolute Gasteiger partial charge is 0.0870 e. The molecule has 0 radical (unpaired) electrons. The Labute approximate surface area is 313 Å². The average molecular weight is 692 g/mol. The highest BCUT2D eigenvalue weighted by Gasteiger charge is 2.31. The van der Waals surface area contributed by atoms with Crippen LogP contribution in [0.2, 0.25) is 0 Å². The van der Waals surface area contributed by atoms with Crippen LogP contribution in [-0.4, -0.2) is 0 Å². The molecule has 10 aromatic carbocycles. The summed E-state index contributed by atoms with van der Waals surface area (Å²) in [5.74, 6) is 0. The van der Waals surface area contributed by atoms with E-state index in [4.69, 9.17) is 0 Å². The molecule has 1 aliphatic rings. The van der Waals surface area contributed by atoms with Crippen LogP contribution >= 0.6 is 0 Å². The van der Waals surface area contributed by atoms with Crippen LogP contribution in [0.15, 0.2) is 188 Å². The fourth-order valence-electron chi connectivity index (χ4n) is 9.06. The minimum atomic E-state index is -0.100. The zero-order chi connectivity index (χ0) is 35.6. The Bertz CT molecular complexity index is 2960. The summed E-state index contributed by atoms with van der Waals surface area (Å²) in [4.78, 5) is 0. The quantitative estimate of drug-likeness (QED) is 0.161. The van der Waals surface area contributed by atoms with Crippen LogP contribution in [0.1, 0.15) is 35.2 Å². The van der Waals surface area contributed by atoms with Crippen molar-refractivity contribution in [1.82, 2.24) is 16.0 Å². The van der Waals surface area contributed by atoms with Gasteiger partial charge in [-0.25, -0.2) is 0 Å². The van der Waals surface area contributed by atoms with Gasteiger partial charge >= 0.3 is 0 Å². The van der Waals surface area contributed by atoms with E-state index in [0.717, 1.165) is 0 Å². The first-order valence-corrected chi connectivity index (χ1v) is 18.9. The van der Waals surface area contributed by atoms with Crippen molar-refractivity contribution in [3.8, 4) is 11.1 Å². The van der Waals surface area contributed by atoms with Gasteiger partial charge in [-0.05, 0) is 98.5 Å². The topological polar surface area (TPSA) is 36.1 Å². The number of hydrogen-bond acceptors (Lipinski definition) is 3. The molecular weight excluding hydrogens is 655 g/mol. The van der Waals surface area contributed by atoms with Crippen LogP contribution in [-0.2, 0) is 0 Å². The second-order valence-corrected chi connectivity index (χ2v) is 14.5. The van der Waals surface area contributed by atoms with Gasteiger partial charge in [0.05, 0.1) is 18.5 Å². The molecule has 2 unspecified atom stereocenters. The Kier molecular flexibility index (Phi) is 7.31. The van der Waals surface area contributed by atoms with Crippen molar-refractivity contribution in [2.45, 2.75) is 18.5 Å². The van der Waals surface area contributed by atoms with Crippen molar-refractivity contribution < 1.29 is 0 Å². The van der Waals surface area contributed by atoms with Gasteiger partial charge in [0.2, 0.25) is 0 Å².